The van der Waals surface area contributed by atoms with Crippen molar-refractivity contribution >= 4 is 0 Å². The zero-order chi connectivity index (χ0) is 10.3. The van der Waals surface area contributed by atoms with E-state index in [1.54, 1.807) is 6.92 Å². The van der Waals surface area contributed by atoms with Crippen LogP contribution in [-0.2, 0) is 4.74 Å². The molecule has 1 atom stereocenters. The Morgan fingerprint density at radius 1 is 1.15 bits per heavy atom. The average Bonchev–Trinajstić information content (AvgIpc) is 2.11. The molecule has 0 aromatic rings. The number of hydrogen-bond acceptors (Lipinski definition) is 2. The fourth-order valence-corrected chi connectivity index (χ4v) is 1.16. The number of rotatable bonds is 7. The van der Waals surface area contributed by atoms with E-state index in [2.05, 4.69) is 0 Å². The third-order valence-corrected chi connectivity index (χ3v) is 1.99. The third kappa shape index (κ3) is 5.16. The number of hydrogen-bond donors (Lipinski definition) is 0. The van der Waals surface area contributed by atoms with Gasteiger partial charge < -0.3 is 9.64 Å². The second-order valence-corrected chi connectivity index (χ2v) is 2.81. The summed E-state index contributed by atoms with van der Waals surface area (Å²) in [6.07, 6.45) is -3.33. The molecule has 0 aliphatic carbocycles. The smallest absolute Gasteiger partial charge is 0.265 e. The zero-order valence-corrected chi connectivity index (χ0v) is 8.59. The van der Waals surface area contributed by atoms with Crippen LogP contribution in [0, 0.1) is 0 Å². The molecule has 4 heteroatoms. The SMILES string of the molecule is CCO[C@H](CN(CC)CC)C(F)F. The molecule has 0 aromatic heterocycles. The van der Waals surface area contributed by atoms with E-state index in [1.165, 1.54) is 0 Å². The lowest BCUT2D eigenvalue weighted by molar-refractivity contribution is -0.0647. The molecule has 80 valence electrons. The van der Waals surface area contributed by atoms with Crippen molar-refractivity contribution in [2.75, 3.05) is 26.2 Å². The van der Waals surface area contributed by atoms with Gasteiger partial charge in [-0.1, -0.05) is 13.8 Å². The molecule has 0 fully saturated rings. The van der Waals surface area contributed by atoms with E-state index in [1.807, 2.05) is 18.7 Å². The Labute approximate surface area is 78.9 Å². The molecule has 0 saturated heterocycles. The fraction of sp³-hybridized carbons (Fsp3) is 1.00. The maximum Gasteiger partial charge on any atom is 0.265 e. The van der Waals surface area contributed by atoms with Gasteiger partial charge in [-0.05, 0) is 20.0 Å². The number of nitrogens with zero attached hydrogens (tertiary/aromatic N) is 1. The van der Waals surface area contributed by atoms with Crippen LogP contribution >= 0.6 is 0 Å². The summed E-state index contributed by atoms with van der Waals surface area (Å²) >= 11 is 0. The lowest BCUT2D eigenvalue weighted by atomic mass is 10.3. The van der Waals surface area contributed by atoms with Gasteiger partial charge in [0.15, 0.2) is 0 Å². The van der Waals surface area contributed by atoms with Crippen LogP contribution in [0.4, 0.5) is 8.78 Å². The van der Waals surface area contributed by atoms with E-state index < -0.39 is 12.5 Å². The zero-order valence-electron chi connectivity index (χ0n) is 8.59. The average molecular weight is 195 g/mol. The van der Waals surface area contributed by atoms with Gasteiger partial charge in [-0.3, -0.25) is 0 Å². The Hall–Kier alpha value is -0.220. The van der Waals surface area contributed by atoms with Crippen molar-refractivity contribution in [3.8, 4) is 0 Å². The Morgan fingerprint density at radius 2 is 1.69 bits per heavy atom. The van der Waals surface area contributed by atoms with Crippen LogP contribution < -0.4 is 0 Å². The van der Waals surface area contributed by atoms with Crippen LogP contribution in [-0.4, -0.2) is 43.7 Å². The summed E-state index contributed by atoms with van der Waals surface area (Å²) < 4.78 is 29.7. The lowest BCUT2D eigenvalue weighted by Crippen LogP contribution is -2.37. The van der Waals surface area contributed by atoms with Gasteiger partial charge in [0, 0.05) is 13.2 Å². The van der Waals surface area contributed by atoms with Crippen molar-refractivity contribution < 1.29 is 13.5 Å². The summed E-state index contributed by atoms with van der Waals surface area (Å²) in [6.45, 7) is 7.88. The van der Waals surface area contributed by atoms with Crippen molar-refractivity contribution in [3.05, 3.63) is 0 Å². The van der Waals surface area contributed by atoms with Crippen LogP contribution in [0.3, 0.4) is 0 Å². The first-order valence-electron chi connectivity index (χ1n) is 4.77. The van der Waals surface area contributed by atoms with Crippen molar-refractivity contribution in [1.82, 2.24) is 4.90 Å². The van der Waals surface area contributed by atoms with Crippen LogP contribution in [0.2, 0.25) is 0 Å². The third-order valence-electron chi connectivity index (χ3n) is 1.99. The molecular formula is C9H19F2NO. The van der Waals surface area contributed by atoms with E-state index in [9.17, 15) is 8.78 Å². The second kappa shape index (κ2) is 7.21. The van der Waals surface area contributed by atoms with Crippen molar-refractivity contribution in [2.24, 2.45) is 0 Å². The highest BCUT2D eigenvalue weighted by atomic mass is 19.3. The number of halogens is 2. The topological polar surface area (TPSA) is 12.5 Å². The predicted molar refractivity (Wildman–Crippen MR) is 49.2 cm³/mol. The Morgan fingerprint density at radius 3 is 2.00 bits per heavy atom. The minimum absolute atomic E-state index is 0.318. The monoisotopic (exact) mass is 195 g/mol. The molecule has 0 radical (unpaired) electrons. The van der Waals surface area contributed by atoms with E-state index in [4.69, 9.17) is 4.74 Å². The number of ether oxygens (including phenoxy) is 1. The highest BCUT2D eigenvalue weighted by Crippen LogP contribution is 2.07. The quantitative estimate of drug-likeness (QED) is 0.616. The summed E-state index contributed by atoms with van der Waals surface area (Å²) in [6, 6.07) is 0. The minimum atomic E-state index is -2.39. The summed E-state index contributed by atoms with van der Waals surface area (Å²) in [5, 5.41) is 0. The summed E-state index contributed by atoms with van der Waals surface area (Å²) in [5.74, 6) is 0. The summed E-state index contributed by atoms with van der Waals surface area (Å²) in [4.78, 5) is 1.94. The Kier molecular flexibility index (Phi) is 7.09. The van der Waals surface area contributed by atoms with Gasteiger partial charge in [0.1, 0.15) is 6.10 Å². The normalized spacial score (nSPS) is 14.1. The predicted octanol–water partition coefficient (Wildman–Crippen LogP) is 2.00. The molecule has 0 rings (SSSR count). The van der Waals surface area contributed by atoms with E-state index >= 15 is 0 Å². The first-order valence-corrected chi connectivity index (χ1v) is 4.77. The second-order valence-electron chi connectivity index (χ2n) is 2.81. The van der Waals surface area contributed by atoms with E-state index in [0.717, 1.165) is 13.1 Å². The van der Waals surface area contributed by atoms with Crippen LogP contribution in [0.5, 0.6) is 0 Å². The number of alkyl halides is 2. The standard InChI is InChI=1S/C9H19F2NO/c1-4-12(5-2)7-8(9(10)11)13-6-3/h8-9H,4-7H2,1-3H3/t8-/m1/s1. The molecular weight excluding hydrogens is 176 g/mol. The van der Waals surface area contributed by atoms with Crippen LogP contribution in [0.25, 0.3) is 0 Å². The Balaban J connectivity index is 3.91. The fourth-order valence-electron chi connectivity index (χ4n) is 1.16. The first kappa shape index (κ1) is 12.8. The minimum Gasteiger partial charge on any atom is -0.371 e. The molecule has 0 heterocycles. The first-order chi connectivity index (χ1) is 6.15. The molecule has 0 bridgehead atoms. The van der Waals surface area contributed by atoms with Gasteiger partial charge in [-0.2, -0.15) is 0 Å². The maximum absolute atomic E-state index is 12.4. The highest BCUT2D eigenvalue weighted by Gasteiger charge is 2.22. The van der Waals surface area contributed by atoms with E-state index in [-0.39, 0.29) is 0 Å². The largest absolute Gasteiger partial charge is 0.371 e. The molecule has 0 amide bonds. The molecule has 13 heavy (non-hydrogen) atoms. The van der Waals surface area contributed by atoms with Gasteiger partial charge in [-0.25, -0.2) is 8.78 Å². The maximum atomic E-state index is 12.4. The van der Waals surface area contributed by atoms with Gasteiger partial charge in [0.05, 0.1) is 0 Å². The van der Waals surface area contributed by atoms with Crippen molar-refractivity contribution in [1.29, 1.82) is 0 Å². The van der Waals surface area contributed by atoms with Gasteiger partial charge in [0.2, 0.25) is 0 Å². The van der Waals surface area contributed by atoms with Gasteiger partial charge >= 0.3 is 0 Å². The highest BCUT2D eigenvalue weighted by molar-refractivity contribution is 4.66. The molecule has 0 spiro atoms. The molecule has 0 aliphatic rings. The molecule has 0 aromatic carbocycles. The molecule has 0 aliphatic heterocycles. The number of likely N-dealkylation sites (N-methyl/N-ethyl adjacent to an activating group) is 1. The molecule has 0 saturated carbocycles. The Bertz CT molecular complexity index is 118. The van der Waals surface area contributed by atoms with Crippen LogP contribution in [0.1, 0.15) is 20.8 Å². The summed E-state index contributed by atoms with van der Waals surface area (Å²) in [5.41, 5.74) is 0. The van der Waals surface area contributed by atoms with E-state index in [0.29, 0.717) is 13.2 Å². The van der Waals surface area contributed by atoms with Crippen LogP contribution in [0.15, 0.2) is 0 Å². The van der Waals surface area contributed by atoms with Crippen molar-refractivity contribution in [2.45, 2.75) is 33.3 Å². The summed E-state index contributed by atoms with van der Waals surface area (Å²) in [7, 11) is 0. The lowest BCUT2D eigenvalue weighted by Gasteiger charge is -2.24. The molecule has 2 nitrogen and oxygen atoms in total. The molecule has 0 unspecified atom stereocenters. The van der Waals surface area contributed by atoms with Gasteiger partial charge in [-0.15, -0.1) is 0 Å². The van der Waals surface area contributed by atoms with Crippen molar-refractivity contribution in [3.63, 3.8) is 0 Å². The molecule has 0 N–H and O–H groups in total. The van der Waals surface area contributed by atoms with Gasteiger partial charge in [0.25, 0.3) is 6.43 Å².